The molecule has 2 aromatic heterocycles. The van der Waals surface area contributed by atoms with Crippen molar-refractivity contribution in [3.63, 3.8) is 0 Å². The molecular formula is C29H23F3N4O2S. The van der Waals surface area contributed by atoms with Crippen LogP contribution in [0.4, 0.5) is 13.2 Å². The Morgan fingerprint density at radius 3 is 2.54 bits per heavy atom. The van der Waals surface area contributed by atoms with E-state index in [9.17, 15) is 23.2 Å². The summed E-state index contributed by atoms with van der Waals surface area (Å²) in [4.78, 5) is 16.4. The van der Waals surface area contributed by atoms with Gasteiger partial charge in [0.1, 0.15) is 22.5 Å². The number of aryl methyl sites for hydroxylation is 2. The summed E-state index contributed by atoms with van der Waals surface area (Å²) in [5.41, 5.74) is 2.12. The number of rotatable bonds is 8. The van der Waals surface area contributed by atoms with Gasteiger partial charge in [0.25, 0.3) is 0 Å². The summed E-state index contributed by atoms with van der Waals surface area (Å²) >= 11 is 1.01. The Balaban J connectivity index is 1.66. The number of carbonyl (C=O) groups is 1. The number of benzene rings is 2. The highest BCUT2D eigenvalue weighted by Gasteiger charge is 2.34. The van der Waals surface area contributed by atoms with E-state index < -0.39 is 11.9 Å². The minimum atomic E-state index is -4.69. The summed E-state index contributed by atoms with van der Waals surface area (Å²) in [5.74, 6) is 0.494. The number of hydrogen-bond donors (Lipinski definition) is 0. The zero-order valence-corrected chi connectivity index (χ0v) is 22.1. The second-order valence-electron chi connectivity index (χ2n) is 8.57. The van der Waals surface area contributed by atoms with Crippen molar-refractivity contribution < 1.29 is 22.7 Å². The molecule has 0 aliphatic carbocycles. The molecule has 6 nitrogen and oxygen atoms in total. The van der Waals surface area contributed by atoms with Crippen LogP contribution in [0, 0.1) is 18.3 Å². The van der Waals surface area contributed by atoms with E-state index in [4.69, 9.17) is 4.74 Å². The number of allylic oxidation sites excluding steroid dienone is 1. The van der Waals surface area contributed by atoms with Gasteiger partial charge in [-0.25, -0.2) is 4.98 Å². The van der Waals surface area contributed by atoms with Crippen molar-refractivity contribution in [1.82, 2.24) is 14.8 Å². The van der Waals surface area contributed by atoms with Crippen LogP contribution in [0.3, 0.4) is 0 Å². The Morgan fingerprint density at radius 2 is 1.92 bits per heavy atom. The Morgan fingerprint density at radius 1 is 1.18 bits per heavy atom. The van der Waals surface area contributed by atoms with Gasteiger partial charge >= 0.3 is 6.18 Å². The number of nitrogens with zero attached hydrogens (tertiary/aromatic N) is 4. The molecule has 0 saturated carbocycles. The number of ketones is 1. The topological polar surface area (TPSA) is 80.8 Å². The molecule has 0 radical (unpaired) electrons. The van der Waals surface area contributed by atoms with Crippen LogP contribution in [0.25, 0.3) is 17.2 Å². The monoisotopic (exact) mass is 548 g/mol. The van der Waals surface area contributed by atoms with Gasteiger partial charge in [-0.15, -0.1) is 11.8 Å². The highest BCUT2D eigenvalue weighted by atomic mass is 32.2. The predicted molar refractivity (Wildman–Crippen MR) is 143 cm³/mol. The van der Waals surface area contributed by atoms with Crippen LogP contribution < -0.4 is 4.74 Å². The number of aromatic nitrogens is 3. The molecule has 2 heterocycles. The number of thioether (sulfide) groups is 1. The first-order chi connectivity index (χ1) is 18.6. The lowest BCUT2D eigenvalue weighted by Gasteiger charge is -2.15. The van der Waals surface area contributed by atoms with E-state index in [1.165, 1.54) is 13.2 Å². The molecule has 0 bridgehead atoms. The van der Waals surface area contributed by atoms with Gasteiger partial charge in [0, 0.05) is 30.1 Å². The minimum absolute atomic E-state index is 0.0311. The molecule has 0 N–H and O–H groups in total. The number of methoxy groups -OCH3 is 1. The number of ether oxygens (including phenoxy) is 1. The first-order valence-electron chi connectivity index (χ1n) is 11.7. The highest BCUT2D eigenvalue weighted by molar-refractivity contribution is 7.98. The van der Waals surface area contributed by atoms with E-state index in [0.29, 0.717) is 33.7 Å². The number of alkyl halides is 3. The van der Waals surface area contributed by atoms with Gasteiger partial charge in [0.05, 0.1) is 23.9 Å². The Labute approximate surface area is 227 Å². The molecule has 0 spiro atoms. The molecule has 0 aliphatic heterocycles. The SMILES string of the molecule is COc1ccc(/C=C/C(=O)c2cn(C)nc2C)cc1CSc1nc(C(F)(F)F)cc(-c2ccccc2)c1C#N. The lowest BCUT2D eigenvalue weighted by atomic mass is 10.0. The maximum atomic E-state index is 13.7. The highest BCUT2D eigenvalue weighted by Crippen LogP contribution is 2.38. The average molecular weight is 549 g/mol. The predicted octanol–water partition coefficient (Wildman–Crippen LogP) is 6.88. The normalized spacial score (nSPS) is 11.5. The van der Waals surface area contributed by atoms with Gasteiger partial charge in [-0.05, 0) is 42.3 Å². The van der Waals surface area contributed by atoms with Crippen LogP contribution >= 0.6 is 11.8 Å². The van der Waals surface area contributed by atoms with Crippen LogP contribution in [-0.2, 0) is 19.0 Å². The molecule has 4 aromatic rings. The fourth-order valence-corrected chi connectivity index (χ4v) is 4.97. The van der Waals surface area contributed by atoms with Crippen LogP contribution in [0.5, 0.6) is 5.75 Å². The zero-order valence-electron chi connectivity index (χ0n) is 21.3. The van der Waals surface area contributed by atoms with Crippen LogP contribution in [-0.4, -0.2) is 27.7 Å². The molecule has 0 amide bonds. The molecule has 39 heavy (non-hydrogen) atoms. The van der Waals surface area contributed by atoms with E-state index in [0.717, 1.165) is 17.8 Å². The van der Waals surface area contributed by atoms with Gasteiger partial charge in [-0.2, -0.15) is 23.5 Å². The molecule has 10 heteroatoms. The summed E-state index contributed by atoms with van der Waals surface area (Å²) in [6.07, 6.45) is 0.0567. The molecule has 0 aliphatic rings. The number of pyridine rings is 1. The van der Waals surface area contributed by atoms with Crippen molar-refractivity contribution in [2.24, 2.45) is 7.05 Å². The molecular weight excluding hydrogens is 525 g/mol. The van der Waals surface area contributed by atoms with E-state index in [-0.39, 0.29) is 27.7 Å². The third-order valence-electron chi connectivity index (χ3n) is 5.85. The standard InChI is InChI=1S/C29H23F3N4O2S/c1-18-24(16-36(2)35-18)25(37)11-9-19-10-12-26(38-3)21(13-19)17-39-28-23(15-33)22(20-7-5-4-6-8-20)14-27(34-28)29(30,31)32/h4-14,16H,17H2,1-3H3/b11-9+. The van der Waals surface area contributed by atoms with Gasteiger partial charge in [-0.3, -0.25) is 9.48 Å². The molecule has 0 saturated heterocycles. The summed E-state index contributed by atoms with van der Waals surface area (Å²) in [6.45, 7) is 1.75. The minimum Gasteiger partial charge on any atom is -0.496 e. The number of hydrogen-bond acceptors (Lipinski definition) is 6. The second-order valence-corrected chi connectivity index (χ2v) is 9.53. The van der Waals surface area contributed by atoms with Crippen molar-refractivity contribution in [2.75, 3.05) is 7.11 Å². The maximum absolute atomic E-state index is 13.7. The van der Waals surface area contributed by atoms with Gasteiger partial charge in [-0.1, -0.05) is 42.5 Å². The van der Waals surface area contributed by atoms with E-state index in [1.54, 1.807) is 79.5 Å². The van der Waals surface area contributed by atoms with Gasteiger partial charge in [0.2, 0.25) is 0 Å². The largest absolute Gasteiger partial charge is 0.496 e. The van der Waals surface area contributed by atoms with E-state index in [2.05, 4.69) is 10.1 Å². The Hall–Kier alpha value is -4.36. The van der Waals surface area contributed by atoms with Crippen molar-refractivity contribution in [1.29, 1.82) is 5.26 Å². The Bertz CT molecular complexity index is 1590. The molecule has 0 unspecified atom stereocenters. The number of halogens is 3. The Kier molecular flexibility index (Phi) is 8.21. The van der Waals surface area contributed by atoms with Crippen molar-refractivity contribution in [2.45, 2.75) is 23.9 Å². The van der Waals surface area contributed by atoms with Gasteiger partial charge < -0.3 is 4.74 Å². The fourth-order valence-electron chi connectivity index (χ4n) is 3.99. The number of nitriles is 1. The quantitative estimate of drug-likeness (QED) is 0.136. The first kappa shape index (κ1) is 27.7. The molecule has 0 atom stereocenters. The molecule has 4 rings (SSSR count). The van der Waals surface area contributed by atoms with Crippen molar-refractivity contribution in [3.05, 3.63) is 101 Å². The summed E-state index contributed by atoms with van der Waals surface area (Å²) < 4.78 is 48.2. The summed E-state index contributed by atoms with van der Waals surface area (Å²) in [5, 5.41) is 14.0. The summed E-state index contributed by atoms with van der Waals surface area (Å²) in [7, 11) is 3.23. The van der Waals surface area contributed by atoms with Crippen LogP contribution in [0.2, 0.25) is 0 Å². The molecule has 2 aromatic carbocycles. The lowest BCUT2D eigenvalue weighted by Crippen LogP contribution is -2.10. The van der Waals surface area contributed by atoms with Crippen molar-refractivity contribution in [3.8, 4) is 22.9 Å². The third-order valence-corrected chi connectivity index (χ3v) is 6.87. The first-order valence-corrected chi connectivity index (χ1v) is 12.7. The van der Waals surface area contributed by atoms with Crippen LogP contribution in [0.1, 0.15) is 38.4 Å². The van der Waals surface area contributed by atoms with Crippen LogP contribution in [0.15, 0.2) is 71.9 Å². The summed E-state index contributed by atoms with van der Waals surface area (Å²) in [6, 6.07) is 16.6. The third kappa shape index (κ3) is 6.38. The fraction of sp³-hybridized carbons (Fsp3) is 0.172. The lowest BCUT2D eigenvalue weighted by molar-refractivity contribution is -0.141. The molecule has 198 valence electrons. The molecule has 0 fully saturated rings. The van der Waals surface area contributed by atoms with Gasteiger partial charge in [0.15, 0.2) is 5.78 Å². The van der Waals surface area contributed by atoms with Crippen molar-refractivity contribution >= 4 is 23.6 Å². The second kappa shape index (κ2) is 11.6. The maximum Gasteiger partial charge on any atom is 0.433 e. The average Bonchev–Trinajstić information content (AvgIpc) is 3.27. The number of carbonyl (C=O) groups excluding carboxylic acids is 1. The van der Waals surface area contributed by atoms with E-state index >= 15 is 0 Å². The smallest absolute Gasteiger partial charge is 0.433 e. The van der Waals surface area contributed by atoms with E-state index in [1.807, 2.05) is 6.07 Å². The zero-order chi connectivity index (χ0) is 28.2.